The summed E-state index contributed by atoms with van der Waals surface area (Å²) in [6.45, 7) is 6.08. The van der Waals surface area contributed by atoms with Crippen molar-refractivity contribution in [3.8, 4) is 12.1 Å². The number of benzene rings is 2. The average molecular weight is 315 g/mol. The summed E-state index contributed by atoms with van der Waals surface area (Å²) in [6.07, 6.45) is 4.03. The second-order valence-electron chi connectivity index (χ2n) is 5.88. The summed E-state index contributed by atoms with van der Waals surface area (Å²) in [5, 5.41) is 18.9. The van der Waals surface area contributed by atoms with Gasteiger partial charge in [-0.1, -0.05) is 37.6 Å². The topological polar surface area (TPSA) is 73.6 Å². The van der Waals surface area contributed by atoms with E-state index in [0.717, 1.165) is 40.7 Å². The Hall–Kier alpha value is -3.04. The molecule has 0 unspecified atom stereocenters. The second-order valence-corrected chi connectivity index (χ2v) is 5.88. The summed E-state index contributed by atoms with van der Waals surface area (Å²) in [7, 11) is 0. The van der Waals surface area contributed by atoms with Crippen LogP contribution in [0.25, 0.3) is 5.57 Å². The number of aryl methyl sites for hydroxylation is 2. The Morgan fingerprint density at radius 1 is 1.08 bits per heavy atom. The molecule has 0 spiro atoms. The number of nitrogen functional groups attached to an aromatic ring is 1. The van der Waals surface area contributed by atoms with E-state index in [9.17, 15) is 10.5 Å². The van der Waals surface area contributed by atoms with Gasteiger partial charge in [0.25, 0.3) is 0 Å². The fraction of sp³-hybridized carbons (Fsp3) is 0.238. The van der Waals surface area contributed by atoms with Crippen molar-refractivity contribution in [2.24, 2.45) is 0 Å². The highest BCUT2D eigenvalue weighted by Gasteiger charge is 2.15. The quantitative estimate of drug-likeness (QED) is 0.819. The molecule has 0 aliphatic heterocycles. The second kappa shape index (κ2) is 7.49. The van der Waals surface area contributed by atoms with Crippen LogP contribution in [0.5, 0.6) is 0 Å². The van der Waals surface area contributed by atoms with Crippen molar-refractivity contribution in [1.82, 2.24) is 0 Å². The molecule has 2 rings (SSSR count). The van der Waals surface area contributed by atoms with Crippen molar-refractivity contribution in [1.29, 1.82) is 10.5 Å². The summed E-state index contributed by atoms with van der Waals surface area (Å²) in [5.74, 6) is 0. The molecule has 0 fully saturated rings. The number of hydrogen-bond donors (Lipinski definition) is 1. The lowest BCUT2D eigenvalue weighted by molar-refractivity contribution is 0.959. The van der Waals surface area contributed by atoms with E-state index in [2.05, 4.69) is 25.1 Å². The van der Waals surface area contributed by atoms with Crippen molar-refractivity contribution in [2.75, 3.05) is 5.73 Å². The third-order valence-corrected chi connectivity index (χ3v) is 4.12. The Balaban J connectivity index is 2.76. The first kappa shape index (κ1) is 17.3. The van der Waals surface area contributed by atoms with E-state index in [1.54, 1.807) is 6.07 Å². The van der Waals surface area contributed by atoms with Gasteiger partial charge in [0, 0.05) is 5.56 Å². The van der Waals surface area contributed by atoms with Crippen LogP contribution in [0.1, 0.15) is 53.1 Å². The molecule has 2 aromatic carbocycles. The minimum atomic E-state index is 0.475. The Kier molecular flexibility index (Phi) is 5.40. The predicted molar refractivity (Wildman–Crippen MR) is 98.2 cm³/mol. The van der Waals surface area contributed by atoms with Gasteiger partial charge in [0.2, 0.25) is 0 Å². The maximum Gasteiger partial charge on any atom is 0.102 e. The Bertz CT molecular complexity index is 877. The predicted octanol–water partition coefficient (Wildman–Crippen LogP) is 4.86. The fourth-order valence-corrected chi connectivity index (χ4v) is 2.84. The highest BCUT2D eigenvalue weighted by atomic mass is 14.6. The Labute approximate surface area is 143 Å². The van der Waals surface area contributed by atoms with Crippen molar-refractivity contribution in [2.45, 2.75) is 33.6 Å². The lowest BCUT2D eigenvalue weighted by atomic mass is 9.88. The largest absolute Gasteiger partial charge is 0.398 e. The number of unbranched alkanes of at least 4 members (excludes halogenated alkanes) is 1. The first-order chi connectivity index (χ1) is 11.5. The monoisotopic (exact) mass is 315 g/mol. The van der Waals surface area contributed by atoms with Gasteiger partial charge >= 0.3 is 0 Å². The lowest BCUT2D eigenvalue weighted by Gasteiger charge is -2.15. The third kappa shape index (κ3) is 3.31. The molecular formula is C21H21N3. The molecule has 0 aromatic heterocycles. The van der Waals surface area contributed by atoms with Crippen LogP contribution in [-0.2, 0) is 0 Å². The molecule has 0 bridgehead atoms. The summed E-state index contributed by atoms with van der Waals surface area (Å²) < 4.78 is 0. The maximum absolute atomic E-state index is 9.53. The first-order valence-corrected chi connectivity index (χ1v) is 8.04. The molecule has 0 amide bonds. The van der Waals surface area contributed by atoms with Crippen LogP contribution in [0.3, 0.4) is 0 Å². The molecule has 2 N–H and O–H groups in total. The Morgan fingerprint density at radius 3 is 2.46 bits per heavy atom. The van der Waals surface area contributed by atoms with Gasteiger partial charge in [-0.05, 0) is 54.7 Å². The van der Waals surface area contributed by atoms with E-state index in [1.165, 1.54) is 0 Å². The number of nitrogens with two attached hydrogens (primary N) is 1. The van der Waals surface area contributed by atoms with E-state index in [4.69, 9.17) is 5.73 Å². The summed E-state index contributed by atoms with van der Waals surface area (Å²) in [5.41, 5.74) is 12.4. The molecule has 0 heterocycles. The number of allylic oxidation sites excluding steroid dienone is 1. The van der Waals surface area contributed by atoms with E-state index < -0.39 is 0 Å². The minimum Gasteiger partial charge on any atom is -0.398 e. The van der Waals surface area contributed by atoms with E-state index in [0.29, 0.717) is 16.8 Å². The standard InChI is InChI=1S/C21H21N3/c1-4-5-7-17(18-8-6-9-21(24)20(18)13-23)19-11-16(12-22)14(2)10-15(19)3/h6-11H,4-5,24H2,1-3H3/b17-7-. The molecule has 120 valence electrons. The van der Waals surface area contributed by atoms with E-state index >= 15 is 0 Å². The lowest BCUT2D eigenvalue weighted by Crippen LogP contribution is -2.00. The van der Waals surface area contributed by atoms with Crippen molar-refractivity contribution in [3.05, 3.63) is 69.8 Å². The van der Waals surface area contributed by atoms with Gasteiger partial charge in [0.05, 0.1) is 22.9 Å². The molecule has 0 saturated carbocycles. The van der Waals surface area contributed by atoms with Crippen molar-refractivity contribution < 1.29 is 0 Å². The van der Waals surface area contributed by atoms with E-state index in [-0.39, 0.29) is 0 Å². The van der Waals surface area contributed by atoms with Gasteiger partial charge in [-0.3, -0.25) is 0 Å². The van der Waals surface area contributed by atoms with Gasteiger partial charge in [-0.25, -0.2) is 0 Å². The normalized spacial score (nSPS) is 11.0. The molecule has 0 atom stereocenters. The molecule has 0 radical (unpaired) electrons. The van der Waals surface area contributed by atoms with E-state index in [1.807, 2.05) is 38.1 Å². The molecule has 2 aromatic rings. The molecule has 3 nitrogen and oxygen atoms in total. The molecule has 3 heteroatoms. The minimum absolute atomic E-state index is 0.475. The fourth-order valence-electron chi connectivity index (χ4n) is 2.84. The van der Waals surface area contributed by atoms with Crippen LogP contribution < -0.4 is 5.73 Å². The van der Waals surface area contributed by atoms with Crippen molar-refractivity contribution in [3.63, 3.8) is 0 Å². The summed E-state index contributed by atoms with van der Waals surface area (Å²) in [4.78, 5) is 0. The van der Waals surface area contributed by atoms with Gasteiger partial charge in [0.1, 0.15) is 6.07 Å². The average Bonchev–Trinajstić information content (AvgIpc) is 2.56. The van der Waals surface area contributed by atoms with Crippen LogP contribution in [0.4, 0.5) is 5.69 Å². The van der Waals surface area contributed by atoms with Gasteiger partial charge in [-0.2, -0.15) is 10.5 Å². The van der Waals surface area contributed by atoms with Crippen LogP contribution in [-0.4, -0.2) is 0 Å². The number of nitriles is 2. The van der Waals surface area contributed by atoms with Crippen LogP contribution >= 0.6 is 0 Å². The number of rotatable bonds is 4. The highest BCUT2D eigenvalue weighted by molar-refractivity contribution is 5.86. The van der Waals surface area contributed by atoms with Crippen LogP contribution in [0.15, 0.2) is 36.4 Å². The van der Waals surface area contributed by atoms with Gasteiger partial charge in [-0.15, -0.1) is 0 Å². The highest BCUT2D eigenvalue weighted by Crippen LogP contribution is 2.32. The zero-order valence-electron chi connectivity index (χ0n) is 14.4. The number of hydrogen-bond acceptors (Lipinski definition) is 3. The molecule has 0 aliphatic carbocycles. The molecule has 0 aliphatic rings. The zero-order valence-corrected chi connectivity index (χ0v) is 14.4. The van der Waals surface area contributed by atoms with Crippen molar-refractivity contribution >= 4 is 11.3 Å². The third-order valence-electron chi connectivity index (χ3n) is 4.12. The van der Waals surface area contributed by atoms with Crippen LogP contribution in [0.2, 0.25) is 0 Å². The molecular weight excluding hydrogens is 294 g/mol. The maximum atomic E-state index is 9.53. The van der Waals surface area contributed by atoms with Gasteiger partial charge in [0.15, 0.2) is 0 Å². The van der Waals surface area contributed by atoms with Gasteiger partial charge < -0.3 is 5.73 Å². The summed E-state index contributed by atoms with van der Waals surface area (Å²) >= 11 is 0. The SMILES string of the molecule is CCC/C=C(\c1cc(C#N)c(C)cc1C)c1cccc(N)c1C#N. The number of anilines is 1. The van der Waals surface area contributed by atoms with Crippen LogP contribution in [0, 0.1) is 36.5 Å². The molecule has 0 saturated heterocycles. The number of nitrogens with zero attached hydrogens (tertiary/aromatic N) is 2. The Morgan fingerprint density at radius 2 is 1.83 bits per heavy atom. The smallest absolute Gasteiger partial charge is 0.102 e. The zero-order chi connectivity index (χ0) is 17.7. The first-order valence-electron chi connectivity index (χ1n) is 8.04. The molecule has 24 heavy (non-hydrogen) atoms. The summed E-state index contributed by atoms with van der Waals surface area (Å²) in [6, 6.07) is 13.9.